The first-order valence-corrected chi connectivity index (χ1v) is 7.62. The van der Waals surface area contributed by atoms with Crippen LogP contribution < -0.4 is 10.2 Å². The predicted molar refractivity (Wildman–Crippen MR) is 87.0 cm³/mol. The molecule has 1 aromatic heterocycles. The first kappa shape index (κ1) is 14.9. The highest BCUT2D eigenvalue weighted by atomic mass is 79.9. The number of nitrogens with zero attached hydrogens (tertiary/aromatic N) is 1. The zero-order valence-corrected chi connectivity index (χ0v) is 13.6. The molecule has 0 radical (unpaired) electrons. The highest BCUT2D eigenvalue weighted by Gasteiger charge is 2.07. The molecule has 0 aliphatic carbocycles. The minimum Gasteiger partial charge on any atom is -0.465 e. The molecule has 0 bridgehead atoms. The largest absolute Gasteiger partial charge is 0.465 e. The molecule has 0 saturated heterocycles. The fourth-order valence-electron chi connectivity index (χ4n) is 1.90. The van der Waals surface area contributed by atoms with Gasteiger partial charge in [0, 0.05) is 23.3 Å². The lowest BCUT2D eigenvalue weighted by atomic mass is 10.1. The van der Waals surface area contributed by atoms with Crippen LogP contribution in [0.15, 0.2) is 34.1 Å². The molecule has 0 spiro atoms. The van der Waals surface area contributed by atoms with Crippen molar-refractivity contribution < 1.29 is 9.90 Å². The Morgan fingerprint density at radius 3 is 2.70 bits per heavy atom. The Balaban J connectivity index is 2.12. The van der Waals surface area contributed by atoms with Gasteiger partial charge in [-0.05, 0) is 58.7 Å². The Morgan fingerprint density at radius 2 is 2.15 bits per heavy atom. The smallest absolute Gasteiger partial charge is 0.409 e. The van der Waals surface area contributed by atoms with E-state index in [1.807, 2.05) is 32.2 Å². The van der Waals surface area contributed by atoms with Crippen LogP contribution >= 0.6 is 27.3 Å². The van der Waals surface area contributed by atoms with Crippen LogP contribution in [0.3, 0.4) is 0 Å². The van der Waals surface area contributed by atoms with E-state index in [9.17, 15) is 4.79 Å². The molecule has 0 atom stereocenters. The number of amides is 1. The lowest BCUT2D eigenvalue weighted by Crippen LogP contribution is -2.16. The van der Waals surface area contributed by atoms with Crippen LogP contribution in [0.25, 0.3) is 0 Å². The van der Waals surface area contributed by atoms with E-state index in [-0.39, 0.29) is 0 Å². The van der Waals surface area contributed by atoms with Crippen molar-refractivity contribution in [2.45, 2.75) is 13.5 Å². The number of nitrogens with one attached hydrogen (secondary N) is 1. The third-order valence-electron chi connectivity index (χ3n) is 2.91. The van der Waals surface area contributed by atoms with E-state index in [1.165, 1.54) is 4.88 Å². The summed E-state index contributed by atoms with van der Waals surface area (Å²) in [5, 5.41) is 11.1. The van der Waals surface area contributed by atoms with Crippen molar-refractivity contribution in [2.75, 3.05) is 17.3 Å². The van der Waals surface area contributed by atoms with Gasteiger partial charge >= 0.3 is 6.09 Å². The number of halogens is 1. The average molecular weight is 355 g/mol. The molecule has 0 fully saturated rings. The van der Waals surface area contributed by atoms with Gasteiger partial charge in [-0.25, -0.2) is 4.79 Å². The summed E-state index contributed by atoms with van der Waals surface area (Å²) in [4.78, 5) is 14.1. The second-order valence-corrected chi connectivity index (χ2v) is 7.04. The fraction of sp³-hybridized carbons (Fsp3) is 0.214. The molecule has 1 heterocycles. The molecular weight excluding hydrogens is 340 g/mol. The first-order valence-electron chi connectivity index (χ1n) is 6.01. The van der Waals surface area contributed by atoms with Gasteiger partial charge in [0.25, 0.3) is 0 Å². The van der Waals surface area contributed by atoms with Crippen LogP contribution in [0.2, 0.25) is 0 Å². The van der Waals surface area contributed by atoms with Crippen LogP contribution in [-0.4, -0.2) is 18.2 Å². The normalized spacial score (nSPS) is 10.3. The number of rotatable bonds is 4. The Bertz CT molecular complexity index is 627. The van der Waals surface area contributed by atoms with E-state index in [1.54, 1.807) is 17.4 Å². The molecule has 2 aromatic rings. The highest BCUT2D eigenvalue weighted by molar-refractivity contribution is 9.11. The van der Waals surface area contributed by atoms with Gasteiger partial charge < -0.3 is 10.0 Å². The van der Waals surface area contributed by atoms with E-state index >= 15 is 0 Å². The molecule has 2 N–H and O–H groups in total. The summed E-state index contributed by atoms with van der Waals surface area (Å²) >= 11 is 5.17. The number of hydrogen-bond acceptors (Lipinski definition) is 3. The van der Waals surface area contributed by atoms with Crippen LogP contribution in [0.1, 0.15) is 10.4 Å². The van der Waals surface area contributed by atoms with Gasteiger partial charge in [-0.1, -0.05) is 0 Å². The summed E-state index contributed by atoms with van der Waals surface area (Å²) in [5.41, 5.74) is 2.58. The van der Waals surface area contributed by atoms with Crippen LogP contribution in [0, 0.1) is 6.92 Å². The van der Waals surface area contributed by atoms with E-state index in [0.717, 1.165) is 21.6 Å². The van der Waals surface area contributed by atoms with Gasteiger partial charge in [0.1, 0.15) is 0 Å². The Labute approximate surface area is 130 Å². The first-order chi connectivity index (χ1) is 9.45. The molecule has 1 amide bonds. The van der Waals surface area contributed by atoms with Crippen molar-refractivity contribution in [3.63, 3.8) is 0 Å². The van der Waals surface area contributed by atoms with Crippen LogP contribution in [-0.2, 0) is 6.54 Å². The number of thiophene rings is 1. The third kappa shape index (κ3) is 3.74. The Morgan fingerprint density at radius 1 is 1.40 bits per heavy atom. The monoisotopic (exact) mass is 354 g/mol. The summed E-state index contributed by atoms with van der Waals surface area (Å²) in [6.07, 6.45) is -1.04. The number of benzene rings is 1. The summed E-state index contributed by atoms with van der Waals surface area (Å²) in [5.74, 6) is 0. The fourth-order valence-corrected chi connectivity index (χ4v) is 3.44. The molecule has 0 aliphatic heterocycles. The summed E-state index contributed by atoms with van der Waals surface area (Å²) in [6, 6.07) is 9.83. The van der Waals surface area contributed by atoms with Crippen LogP contribution in [0.5, 0.6) is 0 Å². The SMILES string of the molecule is Cc1cc(N(C)Cc2ccc(Br)s2)ccc1NC(=O)O. The maximum absolute atomic E-state index is 10.7. The van der Waals surface area contributed by atoms with Crippen molar-refractivity contribution in [3.05, 3.63) is 44.6 Å². The second kappa shape index (κ2) is 6.28. The van der Waals surface area contributed by atoms with E-state index < -0.39 is 6.09 Å². The molecule has 20 heavy (non-hydrogen) atoms. The van der Waals surface area contributed by atoms with Crippen molar-refractivity contribution in [1.82, 2.24) is 0 Å². The molecule has 0 saturated carbocycles. The molecule has 2 rings (SSSR count). The van der Waals surface area contributed by atoms with Crippen LogP contribution in [0.4, 0.5) is 16.2 Å². The number of carboxylic acid groups (broad SMARTS) is 1. The number of aryl methyl sites for hydroxylation is 1. The van der Waals surface area contributed by atoms with Gasteiger partial charge in [0.15, 0.2) is 0 Å². The average Bonchev–Trinajstić information content (AvgIpc) is 2.76. The third-order valence-corrected chi connectivity index (χ3v) is 4.52. The maximum Gasteiger partial charge on any atom is 0.409 e. The number of anilines is 2. The molecular formula is C14H15BrN2O2S. The highest BCUT2D eigenvalue weighted by Crippen LogP contribution is 2.26. The molecule has 6 heteroatoms. The van der Waals surface area contributed by atoms with E-state index in [0.29, 0.717) is 5.69 Å². The number of hydrogen-bond donors (Lipinski definition) is 2. The Hall–Kier alpha value is -1.53. The van der Waals surface area contributed by atoms with Gasteiger partial charge in [-0.2, -0.15) is 0 Å². The van der Waals surface area contributed by atoms with E-state index in [2.05, 4.69) is 32.2 Å². The minimum atomic E-state index is -1.04. The number of carbonyl (C=O) groups is 1. The summed E-state index contributed by atoms with van der Waals surface area (Å²) in [7, 11) is 2.02. The van der Waals surface area contributed by atoms with Gasteiger partial charge in [-0.15, -0.1) is 11.3 Å². The summed E-state index contributed by atoms with van der Waals surface area (Å²) < 4.78 is 1.12. The maximum atomic E-state index is 10.7. The molecule has 0 unspecified atom stereocenters. The molecule has 1 aromatic carbocycles. The quantitative estimate of drug-likeness (QED) is 0.846. The summed E-state index contributed by atoms with van der Waals surface area (Å²) in [6.45, 7) is 2.71. The Kier molecular flexibility index (Phi) is 4.67. The van der Waals surface area contributed by atoms with Crippen molar-refractivity contribution in [3.8, 4) is 0 Å². The second-order valence-electron chi connectivity index (χ2n) is 4.49. The van der Waals surface area contributed by atoms with Crippen molar-refractivity contribution >= 4 is 44.7 Å². The van der Waals surface area contributed by atoms with Crippen molar-refractivity contribution in [2.24, 2.45) is 0 Å². The molecule has 106 valence electrons. The van der Waals surface area contributed by atoms with Gasteiger partial charge in [-0.3, -0.25) is 5.32 Å². The minimum absolute atomic E-state index is 0.619. The predicted octanol–water partition coefficient (Wildman–Crippen LogP) is 4.55. The topological polar surface area (TPSA) is 52.6 Å². The van der Waals surface area contributed by atoms with Gasteiger partial charge in [0.2, 0.25) is 0 Å². The van der Waals surface area contributed by atoms with Gasteiger partial charge in [0.05, 0.1) is 10.3 Å². The molecule has 0 aliphatic rings. The zero-order valence-electron chi connectivity index (χ0n) is 11.2. The lowest BCUT2D eigenvalue weighted by Gasteiger charge is -2.20. The lowest BCUT2D eigenvalue weighted by molar-refractivity contribution is 0.209. The van der Waals surface area contributed by atoms with Crippen molar-refractivity contribution in [1.29, 1.82) is 0 Å². The molecule has 4 nitrogen and oxygen atoms in total. The zero-order chi connectivity index (χ0) is 14.7. The van der Waals surface area contributed by atoms with E-state index in [4.69, 9.17) is 5.11 Å². The standard InChI is InChI=1S/C14H15BrN2O2S/c1-9-7-10(3-5-12(9)16-14(18)19)17(2)8-11-4-6-13(15)20-11/h3-7,16H,8H2,1-2H3,(H,18,19).